The van der Waals surface area contributed by atoms with Crippen LogP contribution in [0.1, 0.15) is 29.3 Å². The van der Waals surface area contributed by atoms with Crippen LogP contribution >= 0.6 is 0 Å². The van der Waals surface area contributed by atoms with E-state index >= 15 is 0 Å². The number of nitrogens with two attached hydrogens (primary N) is 1. The summed E-state index contributed by atoms with van der Waals surface area (Å²) in [7, 11) is 0. The molecule has 0 aliphatic carbocycles. The number of hydrogen-bond donors (Lipinski definition) is 2. The fourth-order valence-corrected chi connectivity index (χ4v) is 2.25. The van der Waals surface area contributed by atoms with Crippen LogP contribution in [-0.4, -0.2) is 35.0 Å². The molecule has 1 aromatic carbocycles. The molecule has 0 aromatic heterocycles. The molecule has 2 atom stereocenters. The number of piperidine rings is 1. The molecule has 1 saturated heterocycles. The summed E-state index contributed by atoms with van der Waals surface area (Å²) in [6.45, 7) is 5.28. The average Bonchev–Trinajstić information content (AvgIpc) is 2.35. The molecule has 98 valence electrons. The Balaban J connectivity index is 2.14. The van der Waals surface area contributed by atoms with Crippen LogP contribution in [0.5, 0.6) is 5.75 Å². The van der Waals surface area contributed by atoms with Crippen LogP contribution in [0.25, 0.3) is 0 Å². The quantitative estimate of drug-likeness (QED) is 0.791. The van der Waals surface area contributed by atoms with Crippen molar-refractivity contribution in [2.24, 2.45) is 11.7 Å². The SMILES string of the molecule is Cc1cc(C(=O)N2CCC(C)C(N)C2)ccc1O. The number of aryl methyl sites for hydroxylation is 1. The van der Waals surface area contributed by atoms with Crippen molar-refractivity contribution in [3.63, 3.8) is 0 Å². The van der Waals surface area contributed by atoms with Gasteiger partial charge in [-0.1, -0.05) is 6.92 Å². The monoisotopic (exact) mass is 248 g/mol. The van der Waals surface area contributed by atoms with Gasteiger partial charge in [-0.3, -0.25) is 4.79 Å². The van der Waals surface area contributed by atoms with Gasteiger partial charge >= 0.3 is 0 Å². The van der Waals surface area contributed by atoms with Crippen LogP contribution in [-0.2, 0) is 0 Å². The van der Waals surface area contributed by atoms with Gasteiger partial charge < -0.3 is 15.7 Å². The Bertz CT molecular complexity index is 459. The fraction of sp³-hybridized carbons (Fsp3) is 0.500. The zero-order valence-corrected chi connectivity index (χ0v) is 10.9. The number of aromatic hydroxyl groups is 1. The van der Waals surface area contributed by atoms with Crippen LogP contribution in [0.15, 0.2) is 18.2 Å². The molecule has 3 N–H and O–H groups in total. The van der Waals surface area contributed by atoms with E-state index in [0.717, 1.165) is 18.5 Å². The molecule has 0 bridgehead atoms. The van der Waals surface area contributed by atoms with E-state index in [1.54, 1.807) is 30.0 Å². The van der Waals surface area contributed by atoms with Gasteiger partial charge in [0.25, 0.3) is 5.91 Å². The molecule has 2 unspecified atom stereocenters. The lowest BCUT2D eigenvalue weighted by Crippen LogP contribution is -2.49. The Morgan fingerprint density at radius 2 is 2.22 bits per heavy atom. The van der Waals surface area contributed by atoms with Gasteiger partial charge in [0.15, 0.2) is 0 Å². The predicted octanol–water partition coefficient (Wildman–Crippen LogP) is 1.51. The van der Waals surface area contributed by atoms with Crippen molar-refractivity contribution in [2.75, 3.05) is 13.1 Å². The van der Waals surface area contributed by atoms with E-state index in [9.17, 15) is 9.90 Å². The second-order valence-electron chi connectivity index (χ2n) is 5.18. The number of benzene rings is 1. The maximum atomic E-state index is 12.3. The Morgan fingerprint density at radius 3 is 2.83 bits per heavy atom. The van der Waals surface area contributed by atoms with Crippen LogP contribution < -0.4 is 5.73 Å². The molecule has 1 aliphatic rings. The predicted molar refractivity (Wildman–Crippen MR) is 70.5 cm³/mol. The smallest absolute Gasteiger partial charge is 0.253 e. The van der Waals surface area contributed by atoms with Crippen LogP contribution in [0, 0.1) is 12.8 Å². The Labute approximate surface area is 107 Å². The highest BCUT2D eigenvalue weighted by Crippen LogP contribution is 2.21. The molecule has 18 heavy (non-hydrogen) atoms. The van der Waals surface area contributed by atoms with E-state index in [0.29, 0.717) is 18.0 Å². The second kappa shape index (κ2) is 4.98. The molecular formula is C14H20N2O2. The summed E-state index contributed by atoms with van der Waals surface area (Å²) in [5.74, 6) is 0.687. The van der Waals surface area contributed by atoms with Crippen LogP contribution in [0.4, 0.5) is 0 Å². The number of amides is 1. The molecule has 0 radical (unpaired) electrons. The number of nitrogens with zero attached hydrogens (tertiary/aromatic N) is 1. The number of carbonyl (C=O) groups excluding carboxylic acids is 1. The molecule has 4 nitrogen and oxygen atoms in total. The minimum atomic E-state index is 0.000417. The third kappa shape index (κ3) is 2.48. The third-order valence-electron chi connectivity index (χ3n) is 3.75. The molecule has 1 fully saturated rings. The van der Waals surface area contributed by atoms with Crippen molar-refractivity contribution < 1.29 is 9.90 Å². The first-order valence-electron chi connectivity index (χ1n) is 6.33. The van der Waals surface area contributed by atoms with Gasteiger partial charge in [0, 0.05) is 24.7 Å². The standard InChI is InChI=1S/C14H20N2O2/c1-9-5-6-16(8-12(9)15)14(18)11-3-4-13(17)10(2)7-11/h3-4,7,9,12,17H,5-6,8,15H2,1-2H3. The Kier molecular flexibility index (Phi) is 3.57. The zero-order chi connectivity index (χ0) is 13.3. The van der Waals surface area contributed by atoms with Gasteiger partial charge in [0.1, 0.15) is 5.75 Å². The third-order valence-corrected chi connectivity index (χ3v) is 3.75. The maximum absolute atomic E-state index is 12.3. The van der Waals surface area contributed by atoms with E-state index < -0.39 is 0 Å². The van der Waals surface area contributed by atoms with Gasteiger partial charge in [-0.25, -0.2) is 0 Å². The molecule has 0 spiro atoms. The van der Waals surface area contributed by atoms with Crippen molar-refractivity contribution in [3.8, 4) is 5.75 Å². The van der Waals surface area contributed by atoms with E-state index in [1.807, 2.05) is 0 Å². The summed E-state index contributed by atoms with van der Waals surface area (Å²) in [6, 6.07) is 5.01. The summed E-state index contributed by atoms with van der Waals surface area (Å²) >= 11 is 0. The molecule has 1 aliphatic heterocycles. The second-order valence-corrected chi connectivity index (χ2v) is 5.18. The molecule has 1 aromatic rings. The summed E-state index contributed by atoms with van der Waals surface area (Å²) in [6.07, 6.45) is 0.948. The number of phenolic OH excluding ortho intramolecular Hbond substituents is 1. The summed E-state index contributed by atoms with van der Waals surface area (Å²) in [4.78, 5) is 14.1. The molecular weight excluding hydrogens is 228 g/mol. The first kappa shape index (κ1) is 12.9. The summed E-state index contributed by atoms with van der Waals surface area (Å²) in [5.41, 5.74) is 7.34. The first-order valence-corrected chi connectivity index (χ1v) is 6.33. The van der Waals surface area contributed by atoms with Gasteiger partial charge in [0.05, 0.1) is 0 Å². The lowest BCUT2D eigenvalue weighted by Gasteiger charge is -2.35. The van der Waals surface area contributed by atoms with Crippen LogP contribution in [0.3, 0.4) is 0 Å². The molecule has 1 heterocycles. The zero-order valence-electron chi connectivity index (χ0n) is 10.9. The van der Waals surface area contributed by atoms with Crippen LogP contribution in [0.2, 0.25) is 0 Å². The highest BCUT2D eigenvalue weighted by molar-refractivity contribution is 5.94. The van der Waals surface area contributed by atoms with E-state index in [2.05, 4.69) is 6.92 Å². The van der Waals surface area contributed by atoms with Crippen molar-refractivity contribution >= 4 is 5.91 Å². The fourth-order valence-electron chi connectivity index (χ4n) is 2.25. The van der Waals surface area contributed by atoms with E-state index in [1.165, 1.54) is 0 Å². The highest BCUT2D eigenvalue weighted by Gasteiger charge is 2.26. The van der Waals surface area contributed by atoms with Gasteiger partial charge in [0.2, 0.25) is 0 Å². The number of carbonyl (C=O) groups is 1. The number of phenols is 1. The minimum Gasteiger partial charge on any atom is -0.508 e. The number of hydrogen-bond acceptors (Lipinski definition) is 3. The van der Waals surface area contributed by atoms with Crippen molar-refractivity contribution in [2.45, 2.75) is 26.3 Å². The van der Waals surface area contributed by atoms with Gasteiger partial charge in [-0.05, 0) is 43.0 Å². The first-order chi connectivity index (χ1) is 8.49. The normalized spacial score (nSPS) is 24.1. The molecule has 4 heteroatoms. The van der Waals surface area contributed by atoms with Crippen molar-refractivity contribution in [1.82, 2.24) is 4.90 Å². The maximum Gasteiger partial charge on any atom is 0.253 e. The average molecular weight is 248 g/mol. The Morgan fingerprint density at radius 1 is 1.50 bits per heavy atom. The van der Waals surface area contributed by atoms with Gasteiger partial charge in [-0.2, -0.15) is 0 Å². The minimum absolute atomic E-state index is 0.000417. The topological polar surface area (TPSA) is 66.6 Å². The molecule has 0 saturated carbocycles. The van der Waals surface area contributed by atoms with E-state index in [-0.39, 0.29) is 17.7 Å². The largest absolute Gasteiger partial charge is 0.508 e. The molecule has 2 rings (SSSR count). The summed E-state index contributed by atoms with van der Waals surface area (Å²) in [5, 5.41) is 9.47. The van der Waals surface area contributed by atoms with E-state index in [4.69, 9.17) is 5.73 Å². The van der Waals surface area contributed by atoms with Crippen molar-refractivity contribution in [3.05, 3.63) is 29.3 Å². The Hall–Kier alpha value is -1.55. The lowest BCUT2D eigenvalue weighted by molar-refractivity contribution is 0.0672. The van der Waals surface area contributed by atoms with Gasteiger partial charge in [-0.15, -0.1) is 0 Å². The lowest BCUT2D eigenvalue weighted by atomic mass is 9.94. The highest BCUT2D eigenvalue weighted by atomic mass is 16.3. The van der Waals surface area contributed by atoms with Crippen molar-refractivity contribution in [1.29, 1.82) is 0 Å². The number of rotatable bonds is 1. The summed E-state index contributed by atoms with van der Waals surface area (Å²) < 4.78 is 0. The number of likely N-dealkylation sites (tertiary alicyclic amines) is 1. The molecule has 1 amide bonds.